The first-order valence-corrected chi connectivity index (χ1v) is 8.27. The van der Waals surface area contributed by atoms with E-state index in [1.165, 1.54) is 19.3 Å². The molecule has 0 radical (unpaired) electrons. The number of halogens is 1. The van der Waals surface area contributed by atoms with Crippen molar-refractivity contribution in [2.24, 2.45) is 7.05 Å². The Balaban J connectivity index is 2.35. The maximum absolute atomic E-state index is 6.02. The SMILES string of the molecule is CCCNC(c1c(Br)nnn1C)C1(OC)CCCCC1. The van der Waals surface area contributed by atoms with Gasteiger partial charge in [0.2, 0.25) is 0 Å². The van der Waals surface area contributed by atoms with Crippen molar-refractivity contribution in [2.45, 2.75) is 57.1 Å². The summed E-state index contributed by atoms with van der Waals surface area (Å²) in [5.41, 5.74) is 0.938. The smallest absolute Gasteiger partial charge is 0.153 e. The summed E-state index contributed by atoms with van der Waals surface area (Å²) in [4.78, 5) is 0. The van der Waals surface area contributed by atoms with Crippen molar-refractivity contribution in [3.05, 3.63) is 10.3 Å². The van der Waals surface area contributed by atoms with E-state index in [9.17, 15) is 0 Å². The van der Waals surface area contributed by atoms with Crippen LogP contribution in [0.4, 0.5) is 0 Å². The highest BCUT2D eigenvalue weighted by atomic mass is 79.9. The first kappa shape index (κ1) is 15.9. The predicted molar refractivity (Wildman–Crippen MR) is 82.6 cm³/mol. The van der Waals surface area contributed by atoms with E-state index in [2.05, 4.69) is 38.5 Å². The fourth-order valence-corrected chi connectivity index (χ4v) is 3.78. The molecule has 0 saturated heterocycles. The monoisotopic (exact) mass is 344 g/mol. The van der Waals surface area contributed by atoms with Crippen LogP contribution in [0.15, 0.2) is 4.60 Å². The van der Waals surface area contributed by atoms with E-state index in [0.717, 1.165) is 36.1 Å². The van der Waals surface area contributed by atoms with Gasteiger partial charge in [-0.3, -0.25) is 0 Å². The molecule has 0 aromatic carbocycles. The Labute approximate surface area is 129 Å². The highest BCUT2D eigenvalue weighted by Gasteiger charge is 2.43. The first-order valence-electron chi connectivity index (χ1n) is 7.48. The zero-order chi connectivity index (χ0) is 14.6. The second kappa shape index (κ2) is 7.00. The lowest BCUT2D eigenvalue weighted by Gasteiger charge is -2.42. The van der Waals surface area contributed by atoms with Gasteiger partial charge in [0.15, 0.2) is 4.60 Å². The van der Waals surface area contributed by atoms with Gasteiger partial charge in [-0.25, -0.2) is 4.68 Å². The van der Waals surface area contributed by atoms with Crippen LogP contribution in [0.1, 0.15) is 57.2 Å². The number of methoxy groups -OCH3 is 1. The van der Waals surface area contributed by atoms with Gasteiger partial charge in [-0.2, -0.15) is 0 Å². The number of aromatic nitrogens is 3. The van der Waals surface area contributed by atoms with Crippen LogP contribution in [0.25, 0.3) is 0 Å². The van der Waals surface area contributed by atoms with Crippen LogP contribution in [0, 0.1) is 0 Å². The third-order valence-electron chi connectivity index (χ3n) is 4.33. The standard InChI is InChI=1S/C14H25BrN4O/c1-4-10-16-12(11-13(15)17-18-19(11)2)14(20-3)8-6-5-7-9-14/h12,16H,4-10H2,1-3H3. The molecule has 2 rings (SSSR count). The molecule has 0 amide bonds. The summed E-state index contributed by atoms with van der Waals surface area (Å²) in [7, 11) is 3.78. The van der Waals surface area contributed by atoms with Crippen molar-refractivity contribution >= 4 is 15.9 Å². The quantitative estimate of drug-likeness (QED) is 0.861. The Morgan fingerprint density at radius 2 is 2.10 bits per heavy atom. The molecule has 1 aliphatic rings. The Morgan fingerprint density at radius 1 is 1.40 bits per heavy atom. The Morgan fingerprint density at radius 3 is 2.60 bits per heavy atom. The first-order chi connectivity index (χ1) is 9.64. The van der Waals surface area contributed by atoms with Gasteiger partial charge >= 0.3 is 0 Å². The van der Waals surface area contributed by atoms with Crippen molar-refractivity contribution in [3.63, 3.8) is 0 Å². The fraction of sp³-hybridized carbons (Fsp3) is 0.857. The van der Waals surface area contributed by atoms with E-state index in [4.69, 9.17) is 4.74 Å². The summed E-state index contributed by atoms with van der Waals surface area (Å²) in [5, 5.41) is 11.9. The molecule has 0 spiro atoms. The van der Waals surface area contributed by atoms with Gasteiger partial charge in [-0.15, -0.1) is 5.10 Å². The van der Waals surface area contributed by atoms with Crippen LogP contribution in [0.2, 0.25) is 0 Å². The second-order valence-electron chi connectivity index (χ2n) is 5.61. The third-order valence-corrected chi connectivity index (χ3v) is 4.90. The van der Waals surface area contributed by atoms with Gasteiger partial charge < -0.3 is 10.1 Å². The number of nitrogens with zero attached hydrogens (tertiary/aromatic N) is 3. The van der Waals surface area contributed by atoms with Gasteiger partial charge in [0, 0.05) is 14.2 Å². The molecule has 0 aliphatic heterocycles. The number of nitrogens with one attached hydrogen (secondary N) is 1. The van der Waals surface area contributed by atoms with E-state index >= 15 is 0 Å². The average molecular weight is 345 g/mol. The summed E-state index contributed by atoms with van der Waals surface area (Å²) >= 11 is 3.54. The summed E-state index contributed by atoms with van der Waals surface area (Å²) in [5.74, 6) is 0. The minimum atomic E-state index is -0.147. The number of ether oxygens (including phenoxy) is 1. The molecule has 6 heteroatoms. The van der Waals surface area contributed by atoms with Crippen LogP contribution in [0.5, 0.6) is 0 Å². The molecular formula is C14H25BrN4O. The van der Waals surface area contributed by atoms with E-state index in [-0.39, 0.29) is 11.6 Å². The van der Waals surface area contributed by atoms with Crippen LogP contribution in [-0.4, -0.2) is 34.2 Å². The lowest BCUT2D eigenvalue weighted by Crippen LogP contribution is -2.48. The minimum Gasteiger partial charge on any atom is -0.376 e. The highest BCUT2D eigenvalue weighted by Crippen LogP contribution is 2.42. The van der Waals surface area contributed by atoms with Crippen molar-refractivity contribution in [3.8, 4) is 0 Å². The molecule has 1 fully saturated rings. The normalized spacial score (nSPS) is 20.0. The maximum atomic E-state index is 6.02. The zero-order valence-electron chi connectivity index (χ0n) is 12.7. The molecule has 114 valence electrons. The van der Waals surface area contributed by atoms with Crippen molar-refractivity contribution < 1.29 is 4.74 Å². The zero-order valence-corrected chi connectivity index (χ0v) is 14.2. The Bertz CT molecular complexity index is 409. The van der Waals surface area contributed by atoms with Gasteiger partial charge in [0.25, 0.3) is 0 Å². The van der Waals surface area contributed by atoms with Gasteiger partial charge in [-0.05, 0) is 41.7 Å². The predicted octanol–water partition coefficient (Wildman–Crippen LogP) is 2.97. The van der Waals surface area contributed by atoms with Crippen LogP contribution < -0.4 is 5.32 Å². The maximum Gasteiger partial charge on any atom is 0.153 e. The molecule has 1 heterocycles. The number of rotatable bonds is 6. The molecule has 1 atom stereocenters. The number of aryl methyl sites for hydroxylation is 1. The van der Waals surface area contributed by atoms with Crippen molar-refractivity contribution in [1.29, 1.82) is 0 Å². The number of hydrogen-bond donors (Lipinski definition) is 1. The molecule has 1 unspecified atom stereocenters. The average Bonchev–Trinajstić information content (AvgIpc) is 2.80. The van der Waals surface area contributed by atoms with Crippen molar-refractivity contribution in [1.82, 2.24) is 20.3 Å². The molecule has 1 N–H and O–H groups in total. The molecule has 5 nitrogen and oxygen atoms in total. The van der Waals surface area contributed by atoms with Gasteiger partial charge in [-0.1, -0.05) is 31.4 Å². The number of hydrogen-bond acceptors (Lipinski definition) is 4. The molecule has 1 aromatic rings. The molecule has 1 aromatic heterocycles. The molecular weight excluding hydrogens is 320 g/mol. The fourth-order valence-electron chi connectivity index (χ4n) is 3.23. The third kappa shape index (κ3) is 3.07. The molecule has 1 aliphatic carbocycles. The molecule has 20 heavy (non-hydrogen) atoms. The lowest BCUT2D eigenvalue weighted by atomic mass is 9.78. The second-order valence-corrected chi connectivity index (χ2v) is 6.36. The van der Waals surface area contributed by atoms with Crippen LogP contribution in [-0.2, 0) is 11.8 Å². The topological polar surface area (TPSA) is 52.0 Å². The van der Waals surface area contributed by atoms with E-state index in [1.807, 2.05) is 18.8 Å². The summed E-state index contributed by atoms with van der Waals surface area (Å²) in [6, 6.07) is 0.127. The summed E-state index contributed by atoms with van der Waals surface area (Å²) in [6.07, 6.45) is 7.02. The summed E-state index contributed by atoms with van der Waals surface area (Å²) in [6.45, 7) is 3.15. The Kier molecular flexibility index (Phi) is 5.57. The van der Waals surface area contributed by atoms with E-state index in [1.54, 1.807) is 0 Å². The van der Waals surface area contributed by atoms with Gasteiger partial charge in [0.05, 0.1) is 17.3 Å². The van der Waals surface area contributed by atoms with E-state index < -0.39 is 0 Å². The Hall–Kier alpha value is -0.460. The van der Waals surface area contributed by atoms with Crippen LogP contribution >= 0.6 is 15.9 Å². The van der Waals surface area contributed by atoms with Crippen molar-refractivity contribution in [2.75, 3.05) is 13.7 Å². The van der Waals surface area contributed by atoms with Gasteiger partial charge in [0.1, 0.15) is 0 Å². The largest absolute Gasteiger partial charge is 0.376 e. The highest BCUT2D eigenvalue weighted by molar-refractivity contribution is 9.10. The van der Waals surface area contributed by atoms with Crippen LogP contribution in [0.3, 0.4) is 0 Å². The lowest BCUT2D eigenvalue weighted by molar-refractivity contribution is -0.0706. The molecule has 0 bridgehead atoms. The molecule has 1 saturated carbocycles. The van der Waals surface area contributed by atoms with E-state index in [0.29, 0.717) is 0 Å². The summed E-state index contributed by atoms with van der Waals surface area (Å²) < 4.78 is 8.69. The minimum absolute atomic E-state index is 0.127.